The zero-order valence-electron chi connectivity index (χ0n) is 25.9. The van der Waals surface area contributed by atoms with Gasteiger partial charge >= 0.3 is 0 Å². The number of ether oxygens (including phenoxy) is 1. The first kappa shape index (κ1) is 34.9. The molecule has 0 radical (unpaired) electrons. The van der Waals surface area contributed by atoms with E-state index in [1.54, 1.807) is 7.11 Å². The van der Waals surface area contributed by atoms with Crippen molar-refractivity contribution in [2.45, 2.75) is 71.1 Å². The number of amides is 3. The first-order valence-electron chi connectivity index (χ1n) is 15.4. The Hall–Kier alpha value is -3.57. The van der Waals surface area contributed by atoms with Crippen molar-refractivity contribution in [1.82, 2.24) is 15.5 Å². The number of methoxy groups -OCH3 is 1. The fourth-order valence-electron chi connectivity index (χ4n) is 5.93. The zero-order valence-corrected chi connectivity index (χ0v) is 25.9. The van der Waals surface area contributed by atoms with Crippen LogP contribution in [0, 0.1) is 29.4 Å². The van der Waals surface area contributed by atoms with E-state index in [1.165, 1.54) is 12.1 Å². The predicted molar refractivity (Wildman–Crippen MR) is 163 cm³/mol. The number of primary amides is 1. The van der Waals surface area contributed by atoms with Crippen molar-refractivity contribution in [2.75, 3.05) is 26.7 Å². The highest BCUT2D eigenvalue weighted by Crippen LogP contribution is 2.53. The van der Waals surface area contributed by atoms with E-state index in [0.717, 1.165) is 24.5 Å². The number of benzene rings is 2. The Labute approximate surface area is 258 Å². The minimum Gasteiger partial charge on any atom is -0.497 e. The molecule has 3 amide bonds. The molecule has 1 saturated carbocycles. The normalized spacial score (nSPS) is 18.7. The summed E-state index contributed by atoms with van der Waals surface area (Å²) >= 11 is 0. The molecule has 0 unspecified atom stereocenters. The number of carbonyl (C=O) groups excluding carboxylic acids is 3. The summed E-state index contributed by atoms with van der Waals surface area (Å²) in [4.78, 5) is 39.8. The average Bonchev–Trinajstić information content (AvgIpc) is 3.59. The number of nitrogens with zero attached hydrogens (tertiary/aromatic N) is 1. The summed E-state index contributed by atoms with van der Waals surface area (Å²) in [5.74, 6) is -2.23. The number of rotatable bonds is 19. The van der Waals surface area contributed by atoms with Crippen LogP contribution >= 0.6 is 0 Å². The summed E-state index contributed by atoms with van der Waals surface area (Å²) in [5, 5.41) is 17.1. The molecule has 3 rings (SSSR count). The number of halogens is 2. The van der Waals surface area contributed by atoms with Crippen molar-refractivity contribution in [3.05, 3.63) is 65.2 Å². The summed E-state index contributed by atoms with van der Waals surface area (Å²) in [6.07, 6.45) is 0.919. The largest absolute Gasteiger partial charge is 0.497 e. The van der Waals surface area contributed by atoms with Crippen LogP contribution in [0.2, 0.25) is 0 Å². The molecule has 0 bridgehead atoms. The van der Waals surface area contributed by atoms with E-state index in [1.807, 2.05) is 43.0 Å². The lowest BCUT2D eigenvalue weighted by atomic mass is 10.00. The Morgan fingerprint density at radius 1 is 0.955 bits per heavy atom. The number of aliphatic hydroxyl groups excluding tert-OH is 1. The third-order valence-electron chi connectivity index (χ3n) is 8.12. The zero-order chi connectivity index (χ0) is 32.2. The Morgan fingerprint density at radius 3 is 2.20 bits per heavy atom. The van der Waals surface area contributed by atoms with Gasteiger partial charge in [0.2, 0.25) is 17.7 Å². The smallest absolute Gasteiger partial charge is 0.222 e. The summed E-state index contributed by atoms with van der Waals surface area (Å²) in [7, 11) is 1.57. The van der Waals surface area contributed by atoms with Crippen LogP contribution < -0.4 is 21.1 Å². The molecule has 0 aliphatic heterocycles. The molecule has 0 aromatic heterocycles. The molecule has 9 nitrogen and oxygen atoms in total. The quantitative estimate of drug-likeness (QED) is 0.191. The predicted octanol–water partition coefficient (Wildman–Crippen LogP) is 3.32. The van der Waals surface area contributed by atoms with Gasteiger partial charge in [-0.3, -0.25) is 14.4 Å². The fourth-order valence-corrected chi connectivity index (χ4v) is 5.93. The van der Waals surface area contributed by atoms with Gasteiger partial charge in [0.25, 0.3) is 0 Å². The maximum absolute atomic E-state index is 13.9. The van der Waals surface area contributed by atoms with Gasteiger partial charge in [0, 0.05) is 51.5 Å². The molecule has 2 aromatic rings. The molecule has 2 aromatic carbocycles. The van der Waals surface area contributed by atoms with E-state index in [9.17, 15) is 28.3 Å². The number of nitrogens with two attached hydrogens (primary N) is 1. The monoisotopic (exact) mass is 616 g/mol. The van der Waals surface area contributed by atoms with Crippen LogP contribution in [-0.2, 0) is 27.3 Å². The molecule has 1 aliphatic rings. The van der Waals surface area contributed by atoms with Gasteiger partial charge in [-0.1, -0.05) is 26.0 Å². The van der Waals surface area contributed by atoms with Crippen molar-refractivity contribution < 1.29 is 33.0 Å². The first-order valence-corrected chi connectivity index (χ1v) is 15.4. The summed E-state index contributed by atoms with van der Waals surface area (Å²) < 4.78 is 33.1. The van der Waals surface area contributed by atoms with Gasteiger partial charge in [0.05, 0.1) is 19.3 Å². The van der Waals surface area contributed by atoms with Crippen molar-refractivity contribution in [1.29, 1.82) is 0 Å². The van der Waals surface area contributed by atoms with Gasteiger partial charge in [-0.2, -0.15) is 0 Å². The molecule has 0 spiro atoms. The second-order valence-electron chi connectivity index (χ2n) is 11.7. The summed E-state index contributed by atoms with van der Waals surface area (Å²) in [5.41, 5.74) is 6.68. The number of carbonyl (C=O) groups is 3. The molecule has 1 aliphatic carbocycles. The molecule has 242 valence electrons. The second-order valence-corrected chi connectivity index (χ2v) is 11.7. The van der Waals surface area contributed by atoms with E-state index >= 15 is 0 Å². The fraction of sp³-hybridized carbons (Fsp3) is 0.545. The van der Waals surface area contributed by atoms with Crippen molar-refractivity contribution in [2.24, 2.45) is 23.5 Å². The molecule has 0 saturated heterocycles. The molecular weight excluding hydrogens is 570 g/mol. The molecule has 5 atom stereocenters. The Bertz CT molecular complexity index is 1240. The van der Waals surface area contributed by atoms with Crippen LogP contribution in [0.1, 0.15) is 57.1 Å². The minimum atomic E-state index is -1.09. The van der Waals surface area contributed by atoms with Crippen LogP contribution in [0.3, 0.4) is 0 Å². The van der Waals surface area contributed by atoms with Crippen molar-refractivity contribution in [3.63, 3.8) is 0 Å². The molecular formula is C33H46F2N4O5. The third kappa shape index (κ3) is 10.9. The molecule has 5 N–H and O–H groups in total. The summed E-state index contributed by atoms with van der Waals surface area (Å²) in [6.45, 7) is 5.83. The highest BCUT2D eigenvalue weighted by molar-refractivity contribution is 5.80. The number of hydrogen-bond donors (Lipinski definition) is 4. The van der Waals surface area contributed by atoms with E-state index in [4.69, 9.17) is 10.5 Å². The molecule has 44 heavy (non-hydrogen) atoms. The van der Waals surface area contributed by atoms with Gasteiger partial charge in [-0.15, -0.1) is 0 Å². The molecule has 11 heteroatoms. The molecule has 1 fully saturated rings. The minimum absolute atomic E-state index is 0.000353. The second kappa shape index (κ2) is 17.1. The van der Waals surface area contributed by atoms with Gasteiger partial charge in [0.15, 0.2) is 0 Å². The van der Waals surface area contributed by atoms with Gasteiger partial charge < -0.3 is 31.1 Å². The van der Waals surface area contributed by atoms with E-state index in [2.05, 4.69) is 10.6 Å². The van der Waals surface area contributed by atoms with Gasteiger partial charge in [-0.25, -0.2) is 8.78 Å². The number of hydrogen-bond acceptors (Lipinski definition) is 6. The van der Waals surface area contributed by atoms with E-state index < -0.39 is 29.7 Å². The lowest BCUT2D eigenvalue weighted by molar-refractivity contribution is -0.132. The highest BCUT2D eigenvalue weighted by Gasteiger charge is 2.52. The Kier molecular flexibility index (Phi) is 13.5. The van der Waals surface area contributed by atoms with E-state index in [-0.39, 0.29) is 67.4 Å². The maximum Gasteiger partial charge on any atom is 0.222 e. The van der Waals surface area contributed by atoms with Gasteiger partial charge in [0.1, 0.15) is 17.4 Å². The first-order chi connectivity index (χ1) is 21.0. The van der Waals surface area contributed by atoms with Crippen LogP contribution in [0.15, 0.2) is 42.5 Å². The van der Waals surface area contributed by atoms with Crippen molar-refractivity contribution >= 4 is 17.7 Å². The van der Waals surface area contributed by atoms with Crippen LogP contribution in [0.4, 0.5) is 8.78 Å². The lowest BCUT2D eigenvalue weighted by Crippen LogP contribution is -2.48. The SMILES string of the molecule is CCCN(CCC)C(=O)C[C@H]1[C@H](CC(N)=O)[C@@H]1CC(=O)N[C@@H](Cc1cc(F)cc(F)c1)[C@H](O)CNCc1cccc(OC)c1. The van der Waals surface area contributed by atoms with Crippen LogP contribution in [0.5, 0.6) is 5.75 Å². The van der Waals surface area contributed by atoms with Crippen molar-refractivity contribution in [3.8, 4) is 5.75 Å². The lowest BCUT2D eigenvalue weighted by Gasteiger charge is -2.25. The van der Waals surface area contributed by atoms with E-state index in [0.29, 0.717) is 25.4 Å². The number of nitrogens with one attached hydrogen (secondary N) is 2. The molecule has 0 heterocycles. The Balaban J connectivity index is 1.67. The van der Waals surface area contributed by atoms with Crippen LogP contribution in [-0.4, -0.2) is 66.6 Å². The highest BCUT2D eigenvalue weighted by atomic mass is 19.1. The topological polar surface area (TPSA) is 134 Å². The maximum atomic E-state index is 13.9. The summed E-state index contributed by atoms with van der Waals surface area (Å²) in [6, 6.07) is 9.67. The number of aliphatic hydroxyl groups is 1. The Morgan fingerprint density at radius 2 is 1.59 bits per heavy atom. The van der Waals surface area contributed by atoms with Gasteiger partial charge in [-0.05, 0) is 72.4 Å². The van der Waals surface area contributed by atoms with Crippen LogP contribution in [0.25, 0.3) is 0 Å². The standard InChI is InChI=1S/C33H46F2N4O5/c1-4-9-39(10-5-2)33(43)18-28-26(16-31(36)41)27(28)17-32(42)38-29(14-22-11-23(34)15-24(35)12-22)30(40)20-37-19-21-7-6-8-25(13-21)44-3/h6-8,11-13,15,26-30,37,40H,4-5,9-10,14,16-20H2,1-3H3,(H2,36,41)(H,38,42)/t26-,27+,28+,29+,30-/m1/s1. The third-order valence-corrected chi connectivity index (χ3v) is 8.12. The average molecular weight is 617 g/mol.